The third-order valence-corrected chi connectivity index (χ3v) is 7.84. The van der Waals surface area contributed by atoms with Gasteiger partial charge in [-0.15, -0.1) is 0 Å². The largest absolute Gasteiger partial charge is 0.670 e. The van der Waals surface area contributed by atoms with Crippen molar-refractivity contribution in [2.45, 2.75) is 20.8 Å². The van der Waals surface area contributed by atoms with Crippen LogP contribution in [0.15, 0.2) is 84.9 Å². The van der Waals surface area contributed by atoms with Gasteiger partial charge in [-0.1, -0.05) is 82.3 Å². The van der Waals surface area contributed by atoms with Crippen LogP contribution in [0.5, 0.6) is 0 Å². The molecular weight excluding hydrogens is 377 g/mol. The Labute approximate surface area is 175 Å². The smallest absolute Gasteiger partial charge is 0.0804 e. The first-order valence-electron chi connectivity index (χ1n) is 10.2. The molecule has 0 saturated carbocycles. The van der Waals surface area contributed by atoms with Gasteiger partial charge in [-0.2, -0.15) is 0 Å². The molecule has 3 aromatic rings. The fraction of sp³-hybridized carbons (Fsp3) is 0.240. The minimum atomic E-state index is -0.670. The number of rotatable bonds is 8. The Morgan fingerprint density at radius 2 is 1.10 bits per heavy atom. The minimum Gasteiger partial charge on any atom is -0.0804 e. The Morgan fingerprint density at radius 1 is 0.690 bits per heavy atom. The number of carbonyl (C=O) groups excluding carboxylic acids is 1. The molecule has 0 atom stereocenters. The summed E-state index contributed by atoms with van der Waals surface area (Å²) < 4.78 is 0.349. The van der Waals surface area contributed by atoms with Gasteiger partial charge in [-0.05, 0) is 56.7 Å². The molecule has 0 aromatic heterocycles. The fourth-order valence-electron chi connectivity index (χ4n) is 3.44. The molecule has 0 N–H and O–H groups in total. The lowest BCUT2D eigenvalue weighted by Gasteiger charge is -2.23. The molecule has 3 aromatic carbocycles. The molecular formula is C25H29NO2P+2. The lowest BCUT2D eigenvalue weighted by Crippen LogP contribution is -2.48. The van der Waals surface area contributed by atoms with E-state index >= 15 is 0 Å². The van der Waals surface area contributed by atoms with Crippen LogP contribution in [-0.2, 0) is 4.84 Å². The van der Waals surface area contributed by atoms with Gasteiger partial charge in [0.15, 0.2) is 0 Å². The van der Waals surface area contributed by atoms with Crippen LogP contribution in [0.1, 0.15) is 31.1 Å². The maximum absolute atomic E-state index is 12.7. The highest BCUT2D eigenvalue weighted by molar-refractivity contribution is 7.79. The summed E-state index contributed by atoms with van der Waals surface area (Å²) in [7, 11) is -0.670. The van der Waals surface area contributed by atoms with Gasteiger partial charge < -0.3 is 0 Å². The number of hydroxylamine groups is 3. The summed E-state index contributed by atoms with van der Waals surface area (Å²) in [4.78, 5) is 18.6. The van der Waals surface area contributed by atoms with Gasteiger partial charge in [0.2, 0.25) is 0 Å². The van der Waals surface area contributed by atoms with Gasteiger partial charge in [0.1, 0.15) is 25.2 Å². The van der Waals surface area contributed by atoms with Gasteiger partial charge in [-0.25, -0.2) is 0 Å². The van der Waals surface area contributed by atoms with E-state index in [0.717, 1.165) is 19.6 Å². The van der Waals surface area contributed by atoms with Crippen molar-refractivity contribution in [1.29, 1.82) is 0 Å². The van der Waals surface area contributed by atoms with Gasteiger partial charge in [0, 0.05) is 0 Å². The van der Waals surface area contributed by atoms with Crippen molar-refractivity contribution in [3.8, 4) is 0 Å². The monoisotopic (exact) mass is 406 g/mol. The summed E-state index contributed by atoms with van der Waals surface area (Å²) in [6, 6.07) is 29.1. The van der Waals surface area contributed by atoms with Gasteiger partial charge in [-0.3, -0.25) is 0 Å². The van der Waals surface area contributed by atoms with Crippen molar-refractivity contribution >= 4 is 29.8 Å². The van der Waals surface area contributed by atoms with Crippen LogP contribution in [0.3, 0.4) is 0 Å². The minimum absolute atomic E-state index is 0.258. The molecule has 29 heavy (non-hydrogen) atoms. The highest BCUT2D eigenvalue weighted by Crippen LogP contribution is 2.32. The molecule has 0 unspecified atom stereocenters. The van der Waals surface area contributed by atoms with Crippen LogP contribution >= 0.6 is 7.92 Å². The molecule has 0 aliphatic heterocycles. The quantitative estimate of drug-likeness (QED) is 0.240. The van der Waals surface area contributed by atoms with E-state index in [2.05, 4.69) is 81.4 Å². The fourth-order valence-corrected chi connectivity index (χ4v) is 5.72. The Morgan fingerprint density at radius 3 is 1.52 bits per heavy atom. The van der Waals surface area contributed by atoms with Crippen LogP contribution in [0.2, 0.25) is 0 Å². The highest BCUT2D eigenvalue weighted by atomic mass is 31.1. The van der Waals surface area contributed by atoms with E-state index in [0.29, 0.717) is 10.2 Å². The van der Waals surface area contributed by atoms with E-state index in [1.807, 2.05) is 24.3 Å². The molecule has 0 aliphatic rings. The van der Waals surface area contributed by atoms with Crippen LogP contribution < -0.4 is 15.9 Å². The molecule has 1 radical (unpaired) electrons. The molecule has 4 heteroatoms. The van der Waals surface area contributed by atoms with Crippen molar-refractivity contribution < 1.29 is 14.3 Å². The number of hydrogen-bond acceptors (Lipinski definition) is 2. The van der Waals surface area contributed by atoms with E-state index < -0.39 is 7.92 Å². The summed E-state index contributed by atoms with van der Waals surface area (Å²) in [5.41, 5.74) is 0.600. The summed E-state index contributed by atoms with van der Waals surface area (Å²) in [6.07, 6.45) is 0. The van der Waals surface area contributed by atoms with Crippen molar-refractivity contribution in [3.05, 3.63) is 90.5 Å². The molecule has 0 spiro atoms. The third-order valence-electron chi connectivity index (χ3n) is 5.40. The zero-order chi connectivity index (χ0) is 20.7. The van der Waals surface area contributed by atoms with Gasteiger partial charge in [0.25, 0.3) is 0 Å². The predicted octanol–water partition coefficient (Wildman–Crippen LogP) is 4.39. The average Bonchev–Trinajstić information content (AvgIpc) is 2.79. The molecule has 0 bridgehead atoms. The zero-order valence-electron chi connectivity index (χ0n) is 17.4. The van der Waals surface area contributed by atoms with Crippen LogP contribution in [0.4, 0.5) is 0 Å². The maximum atomic E-state index is 12.7. The first-order valence-corrected chi connectivity index (χ1v) is 11.6. The average molecular weight is 406 g/mol. The second kappa shape index (κ2) is 9.82. The highest BCUT2D eigenvalue weighted by Gasteiger charge is 2.38. The molecule has 149 valence electrons. The Kier molecular flexibility index (Phi) is 7.19. The summed E-state index contributed by atoms with van der Waals surface area (Å²) >= 11 is 0. The molecule has 0 heterocycles. The summed E-state index contributed by atoms with van der Waals surface area (Å²) in [6.45, 7) is 8.46. The molecule has 0 aliphatic carbocycles. The maximum Gasteiger partial charge on any atom is 0.670 e. The van der Waals surface area contributed by atoms with Crippen molar-refractivity contribution in [2.75, 3.05) is 19.6 Å². The van der Waals surface area contributed by atoms with E-state index in [4.69, 9.17) is 4.84 Å². The molecule has 0 amide bonds. The first kappa shape index (κ1) is 21.2. The van der Waals surface area contributed by atoms with E-state index in [1.165, 1.54) is 15.9 Å². The predicted molar refractivity (Wildman–Crippen MR) is 122 cm³/mol. The second-order valence-electron chi connectivity index (χ2n) is 6.94. The van der Waals surface area contributed by atoms with Crippen molar-refractivity contribution in [2.24, 2.45) is 0 Å². The number of quaternary nitrogens is 1. The van der Waals surface area contributed by atoms with Crippen molar-refractivity contribution in [3.63, 3.8) is 0 Å². The number of nitrogens with zero attached hydrogens (tertiary/aromatic N) is 1. The van der Waals surface area contributed by atoms with E-state index in [-0.39, 0.29) is 5.97 Å². The third kappa shape index (κ3) is 4.93. The molecule has 3 nitrogen and oxygen atoms in total. The Bertz CT molecular complexity index is 859. The van der Waals surface area contributed by atoms with Gasteiger partial charge >= 0.3 is 5.97 Å². The zero-order valence-corrected chi connectivity index (χ0v) is 18.3. The van der Waals surface area contributed by atoms with Crippen LogP contribution in [0.25, 0.3) is 0 Å². The summed E-state index contributed by atoms with van der Waals surface area (Å²) in [5.74, 6) is -0.258. The number of benzene rings is 3. The van der Waals surface area contributed by atoms with Crippen LogP contribution in [-0.4, -0.2) is 30.2 Å². The Hall–Kier alpha value is -2.48. The standard InChI is InChI=1S/C25H29NO2P/c1-4-26(5-2,6-3)28-25(27)21-17-19-24(20-18-21)29(22-13-9-7-10-14-22)23-15-11-8-12-16-23/h7-20H,4-6H2,1-3H3/q+2. The number of hydrogen-bond donors (Lipinski definition) is 0. The van der Waals surface area contributed by atoms with E-state index in [9.17, 15) is 4.79 Å². The second-order valence-corrected chi connectivity index (χ2v) is 9.16. The van der Waals surface area contributed by atoms with Crippen LogP contribution in [0, 0.1) is 0 Å². The Balaban J connectivity index is 1.90. The molecule has 0 fully saturated rings. The lowest BCUT2D eigenvalue weighted by atomic mass is 10.2. The molecule has 0 saturated heterocycles. The SMILES string of the molecule is CC[N+](CC)(CC)OC(=[O+])c1ccc(P(c2ccccc2)c2ccccc2)cc1. The molecule has 3 rings (SSSR count). The number of carbonyl (C=O) groups is 1. The van der Waals surface area contributed by atoms with E-state index in [1.54, 1.807) is 0 Å². The first-order chi connectivity index (χ1) is 14.1. The van der Waals surface area contributed by atoms with Gasteiger partial charge in [0.05, 0.1) is 4.79 Å². The summed E-state index contributed by atoms with van der Waals surface area (Å²) in [5, 5.41) is 3.81. The normalized spacial score (nSPS) is 11.4. The lowest BCUT2D eigenvalue weighted by molar-refractivity contribution is -1.08. The topological polar surface area (TPSA) is 29.1 Å². The van der Waals surface area contributed by atoms with Crippen molar-refractivity contribution in [1.82, 2.24) is 0 Å².